The van der Waals surface area contributed by atoms with Gasteiger partial charge < -0.3 is 14.1 Å². The summed E-state index contributed by atoms with van der Waals surface area (Å²) in [6.45, 7) is 2.72. The van der Waals surface area contributed by atoms with E-state index in [1.807, 2.05) is 49.4 Å². The molecule has 0 aliphatic rings. The van der Waals surface area contributed by atoms with E-state index >= 15 is 0 Å². The molecular weight excluding hydrogens is 448 g/mol. The van der Waals surface area contributed by atoms with Crippen LogP contribution in [0.2, 0.25) is 5.02 Å². The Bertz CT molecular complexity index is 1220. The third-order valence-corrected chi connectivity index (χ3v) is 5.94. The molecule has 0 atom stereocenters. The average molecular weight is 469 g/mol. The molecule has 0 unspecified atom stereocenters. The van der Waals surface area contributed by atoms with Gasteiger partial charge in [-0.3, -0.25) is 4.79 Å². The van der Waals surface area contributed by atoms with Crippen LogP contribution in [-0.4, -0.2) is 39.6 Å². The van der Waals surface area contributed by atoms with Gasteiger partial charge in [0.05, 0.1) is 29.8 Å². The number of thiazole rings is 1. The second-order valence-corrected chi connectivity index (χ2v) is 8.21. The molecule has 2 aromatic carbocycles. The monoisotopic (exact) mass is 468 g/mol. The highest BCUT2D eigenvalue weighted by molar-refractivity contribution is 7.13. The van der Waals surface area contributed by atoms with Crippen LogP contribution in [0.3, 0.4) is 0 Å². The van der Waals surface area contributed by atoms with E-state index in [0.717, 1.165) is 17.0 Å². The number of benzene rings is 2. The summed E-state index contributed by atoms with van der Waals surface area (Å²) in [6.07, 6.45) is 0.779. The smallest absolute Gasteiger partial charge is 0.273 e. The van der Waals surface area contributed by atoms with Gasteiger partial charge in [0, 0.05) is 11.9 Å². The zero-order chi connectivity index (χ0) is 22.5. The lowest BCUT2D eigenvalue weighted by molar-refractivity contribution is 0.0723. The van der Waals surface area contributed by atoms with Crippen molar-refractivity contribution in [3.05, 3.63) is 70.5 Å². The number of carbonyl (C=O) groups is 1. The van der Waals surface area contributed by atoms with Crippen LogP contribution < -0.4 is 4.74 Å². The zero-order valence-electron chi connectivity index (χ0n) is 17.6. The highest BCUT2D eigenvalue weighted by Crippen LogP contribution is 2.32. The van der Waals surface area contributed by atoms with Crippen LogP contribution in [-0.2, 0) is 6.54 Å². The van der Waals surface area contributed by atoms with Crippen molar-refractivity contribution in [3.63, 3.8) is 0 Å². The van der Waals surface area contributed by atoms with Gasteiger partial charge in [-0.05, 0) is 30.7 Å². The molecule has 2 aromatic heterocycles. The molecule has 0 N–H and O–H groups in total. The molecule has 7 nitrogen and oxygen atoms in total. The molecule has 0 aliphatic carbocycles. The second-order valence-electron chi connectivity index (χ2n) is 6.95. The Morgan fingerprint density at radius 3 is 2.62 bits per heavy atom. The van der Waals surface area contributed by atoms with Crippen LogP contribution in [0.1, 0.15) is 29.7 Å². The van der Waals surface area contributed by atoms with E-state index in [4.69, 9.17) is 20.8 Å². The summed E-state index contributed by atoms with van der Waals surface area (Å²) in [4.78, 5) is 19.4. The largest absolute Gasteiger partial charge is 0.496 e. The fourth-order valence-electron chi connectivity index (χ4n) is 3.23. The quantitative estimate of drug-likeness (QED) is 0.336. The number of para-hydroxylation sites is 1. The fraction of sp³-hybridized carbons (Fsp3) is 0.217. The van der Waals surface area contributed by atoms with Gasteiger partial charge in [0.1, 0.15) is 16.5 Å². The van der Waals surface area contributed by atoms with Gasteiger partial charge in [0.15, 0.2) is 0 Å². The lowest BCUT2D eigenvalue weighted by atomic mass is 10.2. The molecule has 0 saturated heterocycles. The first kappa shape index (κ1) is 22.0. The molecule has 9 heteroatoms. The van der Waals surface area contributed by atoms with Gasteiger partial charge in [-0.2, -0.15) is 0 Å². The summed E-state index contributed by atoms with van der Waals surface area (Å²) in [5.74, 6) is 1.18. The van der Waals surface area contributed by atoms with E-state index in [2.05, 4.69) is 15.2 Å². The van der Waals surface area contributed by atoms with E-state index in [9.17, 15) is 4.79 Å². The van der Waals surface area contributed by atoms with Crippen molar-refractivity contribution in [2.75, 3.05) is 13.7 Å². The van der Waals surface area contributed by atoms with Crippen molar-refractivity contribution < 1.29 is 13.9 Å². The maximum absolute atomic E-state index is 13.2. The van der Waals surface area contributed by atoms with Crippen molar-refractivity contribution in [1.82, 2.24) is 20.1 Å². The maximum atomic E-state index is 13.2. The highest BCUT2D eigenvalue weighted by Gasteiger charge is 2.22. The Balaban J connectivity index is 1.54. The lowest BCUT2D eigenvalue weighted by Gasteiger charge is -2.19. The van der Waals surface area contributed by atoms with Crippen molar-refractivity contribution in [1.29, 1.82) is 0 Å². The predicted octanol–water partition coefficient (Wildman–Crippen LogP) is 5.57. The van der Waals surface area contributed by atoms with Gasteiger partial charge >= 0.3 is 0 Å². The SMILES string of the molecule is CCCN(Cc1nnc(-c2ccccc2Cl)o1)C(=O)c1csc(-c2ccccc2OC)n1. The molecule has 0 saturated carbocycles. The number of methoxy groups -OCH3 is 1. The minimum Gasteiger partial charge on any atom is -0.496 e. The minimum atomic E-state index is -0.193. The van der Waals surface area contributed by atoms with E-state index in [-0.39, 0.29) is 12.5 Å². The second kappa shape index (κ2) is 9.93. The fourth-order valence-corrected chi connectivity index (χ4v) is 4.27. The molecule has 0 aliphatic heterocycles. The van der Waals surface area contributed by atoms with Gasteiger partial charge in [-0.25, -0.2) is 4.98 Å². The minimum absolute atomic E-state index is 0.186. The molecule has 0 spiro atoms. The number of nitrogens with zero attached hydrogens (tertiary/aromatic N) is 4. The van der Waals surface area contributed by atoms with Crippen LogP contribution >= 0.6 is 22.9 Å². The summed E-state index contributed by atoms with van der Waals surface area (Å²) >= 11 is 7.62. The van der Waals surface area contributed by atoms with Crippen molar-refractivity contribution in [2.45, 2.75) is 19.9 Å². The summed E-state index contributed by atoms with van der Waals surface area (Å²) < 4.78 is 11.2. The summed E-state index contributed by atoms with van der Waals surface area (Å²) in [6, 6.07) is 14.8. The predicted molar refractivity (Wildman–Crippen MR) is 124 cm³/mol. The molecular formula is C23H21ClN4O3S. The number of hydrogen-bond donors (Lipinski definition) is 0. The van der Waals surface area contributed by atoms with E-state index in [1.165, 1.54) is 11.3 Å². The lowest BCUT2D eigenvalue weighted by Crippen LogP contribution is -2.31. The van der Waals surface area contributed by atoms with Gasteiger partial charge in [-0.15, -0.1) is 21.5 Å². The molecule has 0 radical (unpaired) electrons. The summed E-state index contributed by atoms with van der Waals surface area (Å²) in [5.41, 5.74) is 1.87. The van der Waals surface area contributed by atoms with Gasteiger partial charge in [0.2, 0.25) is 11.8 Å². The first-order valence-corrected chi connectivity index (χ1v) is 11.3. The molecule has 164 valence electrons. The first-order chi connectivity index (χ1) is 15.6. The van der Waals surface area contributed by atoms with Crippen molar-refractivity contribution in [3.8, 4) is 27.8 Å². The van der Waals surface area contributed by atoms with Crippen LogP contribution in [0.5, 0.6) is 5.75 Å². The number of halogens is 1. The number of carbonyl (C=O) groups excluding carboxylic acids is 1. The molecule has 0 fully saturated rings. The Labute approximate surface area is 194 Å². The number of aromatic nitrogens is 3. The maximum Gasteiger partial charge on any atom is 0.273 e. The molecule has 4 rings (SSSR count). The highest BCUT2D eigenvalue weighted by atomic mass is 35.5. The number of rotatable bonds is 8. The molecule has 32 heavy (non-hydrogen) atoms. The first-order valence-electron chi connectivity index (χ1n) is 10.1. The summed E-state index contributed by atoms with van der Waals surface area (Å²) in [5, 5.41) is 11.2. The van der Waals surface area contributed by atoms with Crippen molar-refractivity contribution >= 4 is 28.8 Å². The number of ether oxygens (including phenoxy) is 1. The van der Waals surface area contributed by atoms with Crippen molar-refractivity contribution in [2.24, 2.45) is 0 Å². The molecule has 4 aromatic rings. The summed E-state index contributed by atoms with van der Waals surface area (Å²) in [7, 11) is 1.61. The van der Waals surface area contributed by atoms with Crippen LogP contribution in [0.15, 0.2) is 58.3 Å². The third kappa shape index (κ3) is 4.66. The Hall–Kier alpha value is -3.23. The van der Waals surface area contributed by atoms with E-state index in [1.54, 1.807) is 23.5 Å². The Kier molecular flexibility index (Phi) is 6.82. The Morgan fingerprint density at radius 2 is 1.88 bits per heavy atom. The standard InChI is InChI=1S/C23H21ClN4O3S/c1-3-12-28(13-20-26-27-21(31-20)15-8-4-6-10-17(15)24)23(29)18-14-32-22(25-18)16-9-5-7-11-19(16)30-2/h4-11,14H,3,12-13H2,1-2H3. The van der Waals surface area contributed by atoms with Gasteiger partial charge in [0.25, 0.3) is 5.91 Å². The Morgan fingerprint density at radius 1 is 1.12 bits per heavy atom. The van der Waals surface area contributed by atoms with Crippen LogP contribution in [0.25, 0.3) is 22.0 Å². The number of hydrogen-bond acceptors (Lipinski definition) is 7. The van der Waals surface area contributed by atoms with E-state index in [0.29, 0.717) is 40.4 Å². The van der Waals surface area contributed by atoms with Crippen LogP contribution in [0.4, 0.5) is 0 Å². The van der Waals surface area contributed by atoms with Gasteiger partial charge in [-0.1, -0.05) is 42.8 Å². The van der Waals surface area contributed by atoms with Crippen LogP contribution in [0, 0.1) is 0 Å². The number of amides is 1. The molecule has 2 heterocycles. The molecule has 0 bridgehead atoms. The van der Waals surface area contributed by atoms with E-state index < -0.39 is 0 Å². The zero-order valence-corrected chi connectivity index (χ0v) is 19.2. The normalized spacial score (nSPS) is 10.8. The molecule has 1 amide bonds. The topological polar surface area (TPSA) is 81.4 Å². The average Bonchev–Trinajstić information content (AvgIpc) is 3.49. The third-order valence-electron chi connectivity index (χ3n) is 4.74.